The molecule has 0 heterocycles. The van der Waals surface area contributed by atoms with E-state index in [0.717, 1.165) is 34.5 Å². The molecule has 5 nitrogen and oxygen atoms in total. The predicted octanol–water partition coefficient (Wildman–Crippen LogP) is 3.60. The number of hydrogen-bond acceptors (Lipinski definition) is 3. The fraction of sp³-hybridized carbons (Fsp3) is 0.300. The molecule has 0 aliphatic heterocycles. The fourth-order valence-electron chi connectivity index (χ4n) is 2.90. The Morgan fingerprint density at radius 1 is 1.04 bits per heavy atom. The van der Waals surface area contributed by atoms with Gasteiger partial charge < -0.3 is 10.6 Å². The van der Waals surface area contributed by atoms with Crippen molar-refractivity contribution in [2.45, 2.75) is 34.1 Å². The van der Waals surface area contributed by atoms with Gasteiger partial charge in [0.2, 0.25) is 0 Å². The minimum absolute atomic E-state index is 0.159. The lowest BCUT2D eigenvalue weighted by Crippen LogP contribution is -2.46. The Morgan fingerprint density at radius 3 is 2.35 bits per heavy atom. The number of benzene rings is 2. The number of amides is 1. The van der Waals surface area contributed by atoms with E-state index in [0.29, 0.717) is 5.11 Å². The maximum Gasteiger partial charge on any atom is 0.257 e. The summed E-state index contributed by atoms with van der Waals surface area (Å²) in [6, 6.07) is 12.1. The minimum atomic E-state index is -0.197. The lowest BCUT2D eigenvalue weighted by Gasteiger charge is -2.16. The smallest absolute Gasteiger partial charge is 0.257 e. The molecule has 0 saturated carbocycles. The van der Waals surface area contributed by atoms with Crippen molar-refractivity contribution in [2.24, 2.45) is 0 Å². The quantitative estimate of drug-likeness (QED) is 0.478. The number of rotatable bonds is 5. The van der Waals surface area contributed by atoms with Crippen LogP contribution in [0.4, 0.5) is 11.4 Å². The number of nitrogens with one attached hydrogen (secondary N) is 4. The molecule has 0 aliphatic carbocycles. The van der Waals surface area contributed by atoms with Gasteiger partial charge in [-0.2, -0.15) is 0 Å². The molecule has 0 spiro atoms. The molecule has 6 heteroatoms. The Labute approximate surface area is 160 Å². The Morgan fingerprint density at radius 2 is 1.69 bits per heavy atom. The van der Waals surface area contributed by atoms with Crippen LogP contribution in [0.1, 0.15) is 29.2 Å². The first kappa shape index (κ1) is 19.7. The van der Waals surface area contributed by atoms with E-state index in [2.05, 4.69) is 47.5 Å². The molecule has 1 amide bonds. The summed E-state index contributed by atoms with van der Waals surface area (Å²) in [6.45, 7) is 8.36. The monoisotopic (exact) mass is 370 g/mol. The zero-order valence-corrected chi connectivity index (χ0v) is 16.5. The van der Waals surface area contributed by atoms with E-state index in [1.54, 1.807) is 0 Å². The summed E-state index contributed by atoms with van der Waals surface area (Å²) < 4.78 is 0. The van der Waals surface area contributed by atoms with E-state index in [1.165, 1.54) is 5.56 Å². The van der Waals surface area contributed by atoms with E-state index < -0.39 is 0 Å². The average Bonchev–Trinajstić information content (AvgIpc) is 2.59. The van der Waals surface area contributed by atoms with Crippen molar-refractivity contribution in [1.29, 1.82) is 0 Å². The molecule has 0 aromatic heterocycles. The number of hydrazine groups is 1. The molecule has 2 aromatic rings. The summed E-state index contributed by atoms with van der Waals surface area (Å²) >= 11 is 5.24. The molecule has 0 fully saturated rings. The third-order valence-corrected chi connectivity index (χ3v) is 4.27. The molecule has 0 atom stereocenters. The summed E-state index contributed by atoms with van der Waals surface area (Å²) in [6.07, 6.45) is 0.900. The van der Waals surface area contributed by atoms with Gasteiger partial charge in [-0.25, -0.2) is 0 Å². The fourth-order valence-corrected chi connectivity index (χ4v) is 3.06. The second-order valence-corrected chi connectivity index (χ2v) is 6.67. The molecule has 4 N–H and O–H groups in total. The van der Waals surface area contributed by atoms with Crippen molar-refractivity contribution < 1.29 is 4.79 Å². The molecule has 0 radical (unpaired) electrons. The molecular weight excluding hydrogens is 344 g/mol. The van der Waals surface area contributed by atoms with Gasteiger partial charge >= 0.3 is 0 Å². The molecule has 0 unspecified atom stereocenters. The van der Waals surface area contributed by atoms with Gasteiger partial charge in [0.1, 0.15) is 0 Å². The van der Waals surface area contributed by atoms with Crippen LogP contribution in [0.3, 0.4) is 0 Å². The number of hydrogen-bond donors (Lipinski definition) is 4. The first-order valence-electron chi connectivity index (χ1n) is 8.66. The molecule has 26 heavy (non-hydrogen) atoms. The van der Waals surface area contributed by atoms with Crippen LogP contribution in [0.2, 0.25) is 0 Å². The first-order valence-corrected chi connectivity index (χ1v) is 9.07. The van der Waals surface area contributed by atoms with Gasteiger partial charge in [-0.15, -0.1) is 0 Å². The maximum atomic E-state index is 12.1. The third-order valence-electron chi connectivity index (χ3n) is 4.06. The standard InChI is InChI=1S/C20H26N4OS/c1-5-16-8-6-7-9-17(16)22-20(26)24-23-18(25)12-21-19-14(3)10-13(2)11-15(19)4/h6-11,21H,5,12H2,1-4H3,(H,23,25)(H2,22,24,26). The van der Waals surface area contributed by atoms with E-state index in [1.807, 2.05) is 38.1 Å². The van der Waals surface area contributed by atoms with Gasteiger partial charge in [-0.1, -0.05) is 42.8 Å². The Kier molecular flexibility index (Phi) is 6.97. The molecule has 0 saturated heterocycles. The number of aryl methyl sites for hydroxylation is 4. The lowest BCUT2D eigenvalue weighted by atomic mass is 10.1. The van der Waals surface area contributed by atoms with E-state index in [4.69, 9.17) is 12.2 Å². The van der Waals surface area contributed by atoms with Crippen LogP contribution < -0.4 is 21.5 Å². The Balaban J connectivity index is 1.82. The Hall–Kier alpha value is -2.60. The number of anilines is 2. The van der Waals surface area contributed by atoms with Gasteiger partial charge in [0.25, 0.3) is 5.91 Å². The van der Waals surface area contributed by atoms with Crippen molar-refractivity contribution in [3.05, 3.63) is 58.7 Å². The van der Waals surface area contributed by atoms with Crippen molar-refractivity contribution >= 4 is 34.6 Å². The zero-order valence-electron chi connectivity index (χ0n) is 15.7. The highest BCUT2D eigenvalue weighted by atomic mass is 32.1. The molecular formula is C20H26N4OS. The minimum Gasteiger partial charge on any atom is -0.376 e. The van der Waals surface area contributed by atoms with Gasteiger partial charge in [-0.05, 0) is 62.2 Å². The van der Waals surface area contributed by atoms with Gasteiger partial charge in [0.15, 0.2) is 5.11 Å². The number of para-hydroxylation sites is 1. The van der Waals surface area contributed by atoms with Crippen LogP contribution in [0.25, 0.3) is 0 Å². The van der Waals surface area contributed by atoms with E-state index in [-0.39, 0.29) is 12.5 Å². The van der Waals surface area contributed by atoms with Crippen molar-refractivity contribution in [1.82, 2.24) is 10.9 Å². The summed E-state index contributed by atoms with van der Waals surface area (Å²) in [5.74, 6) is -0.197. The molecule has 138 valence electrons. The number of thiocarbonyl (C=S) groups is 1. The van der Waals surface area contributed by atoms with Crippen LogP contribution in [0, 0.1) is 20.8 Å². The summed E-state index contributed by atoms with van der Waals surface area (Å²) in [4.78, 5) is 12.1. The lowest BCUT2D eigenvalue weighted by molar-refractivity contribution is -0.119. The first-order chi connectivity index (χ1) is 12.4. The third kappa shape index (κ3) is 5.46. The second kappa shape index (κ2) is 9.20. The van der Waals surface area contributed by atoms with Gasteiger partial charge in [0, 0.05) is 11.4 Å². The highest BCUT2D eigenvalue weighted by Crippen LogP contribution is 2.21. The topological polar surface area (TPSA) is 65.2 Å². The normalized spacial score (nSPS) is 10.2. The SMILES string of the molecule is CCc1ccccc1NC(=S)NNC(=O)CNc1c(C)cc(C)cc1C. The second-order valence-electron chi connectivity index (χ2n) is 6.27. The van der Waals surface area contributed by atoms with E-state index >= 15 is 0 Å². The van der Waals surface area contributed by atoms with Gasteiger partial charge in [0.05, 0.1) is 6.54 Å². The number of carbonyl (C=O) groups is 1. The van der Waals surface area contributed by atoms with Crippen LogP contribution >= 0.6 is 12.2 Å². The highest BCUT2D eigenvalue weighted by Gasteiger charge is 2.07. The average molecular weight is 371 g/mol. The molecule has 2 rings (SSSR count). The largest absolute Gasteiger partial charge is 0.376 e. The van der Waals surface area contributed by atoms with Crippen molar-refractivity contribution in [3.63, 3.8) is 0 Å². The van der Waals surface area contributed by atoms with Crippen LogP contribution in [-0.4, -0.2) is 17.6 Å². The molecule has 0 bridgehead atoms. The molecule has 0 aliphatic rings. The number of carbonyl (C=O) groups excluding carboxylic acids is 1. The predicted molar refractivity (Wildman–Crippen MR) is 112 cm³/mol. The highest BCUT2D eigenvalue weighted by molar-refractivity contribution is 7.80. The summed E-state index contributed by atoms with van der Waals surface area (Å²) in [5, 5.41) is 6.63. The van der Waals surface area contributed by atoms with Crippen LogP contribution in [0.5, 0.6) is 0 Å². The maximum absolute atomic E-state index is 12.1. The summed E-state index contributed by atoms with van der Waals surface area (Å²) in [5.41, 5.74) is 11.9. The van der Waals surface area contributed by atoms with E-state index in [9.17, 15) is 4.79 Å². The Bertz CT molecular complexity index is 781. The van der Waals surface area contributed by atoms with Crippen molar-refractivity contribution in [3.8, 4) is 0 Å². The summed E-state index contributed by atoms with van der Waals surface area (Å²) in [7, 11) is 0. The zero-order chi connectivity index (χ0) is 19.1. The van der Waals surface area contributed by atoms with Crippen LogP contribution in [-0.2, 0) is 11.2 Å². The molecule has 2 aromatic carbocycles. The van der Waals surface area contributed by atoms with Crippen LogP contribution in [0.15, 0.2) is 36.4 Å². The van der Waals surface area contributed by atoms with Gasteiger partial charge in [-0.3, -0.25) is 15.6 Å². The van der Waals surface area contributed by atoms with Crippen molar-refractivity contribution in [2.75, 3.05) is 17.2 Å².